The van der Waals surface area contributed by atoms with Crippen molar-refractivity contribution < 1.29 is 9.59 Å². The van der Waals surface area contributed by atoms with E-state index in [1.807, 2.05) is 28.5 Å². The van der Waals surface area contributed by atoms with E-state index < -0.39 is 0 Å². The van der Waals surface area contributed by atoms with Crippen LogP contribution in [-0.4, -0.2) is 29.8 Å². The quantitative estimate of drug-likeness (QED) is 0.891. The van der Waals surface area contributed by atoms with Crippen molar-refractivity contribution in [3.8, 4) is 0 Å². The first-order chi connectivity index (χ1) is 12.2. The molecule has 0 bridgehead atoms. The maximum atomic E-state index is 12.6. The largest absolute Gasteiger partial charge is 0.351 e. The minimum absolute atomic E-state index is 0.0248. The monoisotopic (exact) mass is 374 g/mol. The van der Waals surface area contributed by atoms with Crippen LogP contribution in [0.5, 0.6) is 0 Å². The van der Waals surface area contributed by atoms with E-state index in [9.17, 15) is 9.59 Å². The summed E-state index contributed by atoms with van der Waals surface area (Å²) in [6.45, 7) is 2.38. The minimum atomic E-state index is 0.0248. The first-order valence-corrected chi connectivity index (χ1v) is 10.6. The summed E-state index contributed by atoms with van der Waals surface area (Å²) in [5, 5.41) is 5.09. The zero-order chi connectivity index (χ0) is 17.2. The van der Waals surface area contributed by atoms with Crippen LogP contribution in [0.1, 0.15) is 44.3 Å². The van der Waals surface area contributed by atoms with Gasteiger partial charge in [0.25, 0.3) is 5.91 Å². The molecule has 132 valence electrons. The van der Waals surface area contributed by atoms with Gasteiger partial charge in [0.2, 0.25) is 5.91 Å². The van der Waals surface area contributed by atoms with Crippen LogP contribution in [0.15, 0.2) is 23.6 Å². The standard InChI is InChI=1S/C19H22N2O2S2/c22-18(20-12-15-4-3-9-24-15)13-5-6-16-14(10-13)11-17(25-16)19(23)21-7-1-2-8-21/h3-4,9,11,13H,1-2,5-8,10,12H2,(H,20,22)/t13-/m1/s1. The van der Waals surface area contributed by atoms with E-state index in [2.05, 4.69) is 5.32 Å². The lowest BCUT2D eigenvalue weighted by molar-refractivity contribution is -0.125. The highest BCUT2D eigenvalue weighted by atomic mass is 32.1. The fraction of sp³-hybridized carbons (Fsp3) is 0.474. The van der Waals surface area contributed by atoms with Gasteiger partial charge < -0.3 is 10.2 Å². The number of thiophene rings is 2. The molecule has 1 atom stereocenters. The molecule has 2 aliphatic rings. The van der Waals surface area contributed by atoms with Gasteiger partial charge in [-0.25, -0.2) is 0 Å². The van der Waals surface area contributed by atoms with Crippen molar-refractivity contribution in [3.05, 3.63) is 43.8 Å². The fourth-order valence-electron chi connectivity index (χ4n) is 3.66. The van der Waals surface area contributed by atoms with E-state index in [0.29, 0.717) is 6.54 Å². The second-order valence-electron chi connectivity index (χ2n) is 6.80. The summed E-state index contributed by atoms with van der Waals surface area (Å²) in [4.78, 5) is 30.3. The van der Waals surface area contributed by atoms with Crippen molar-refractivity contribution in [2.75, 3.05) is 13.1 Å². The smallest absolute Gasteiger partial charge is 0.263 e. The van der Waals surface area contributed by atoms with Gasteiger partial charge >= 0.3 is 0 Å². The number of nitrogens with one attached hydrogen (secondary N) is 1. The molecule has 2 amide bonds. The number of aryl methyl sites for hydroxylation is 1. The Labute approximate surface area is 155 Å². The van der Waals surface area contributed by atoms with Gasteiger partial charge in [0.1, 0.15) is 0 Å². The number of hydrogen-bond acceptors (Lipinski definition) is 4. The first kappa shape index (κ1) is 16.8. The van der Waals surface area contributed by atoms with Gasteiger partial charge in [-0.05, 0) is 55.2 Å². The summed E-state index contributed by atoms with van der Waals surface area (Å²) in [6.07, 6.45) is 4.77. The van der Waals surface area contributed by atoms with Gasteiger partial charge in [0.15, 0.2) is 0 Å². The SMILES string of the molecule is O=C(NCc1cccs1)[C@@H]1CCc2sc(C(=O)N3CCCC3)cc2C1. The highest BCUT2D eigenvalue weighted by Crippen LogP contribution is 2.33. The number of amides is 2. The Morgan fingerprint density at radius 3 is 2.88 bits per heavy atom. The third kappa shape index (κ3) is 3.65. The predicted octanol–water partition coefficient (Wildman–Crippen LogP) is 3.47. The summed E-state index contributed by atoms with van der Waals surface area (Å²) in [7, 11) is 0. The Hall–Kier alpha value is -1.66. The van der Waals surface area contributed by atoms with E-state index in [0.717, 1.165) is 50.1 Å². The normalized spacial score (nSPS) is 19.7. The molecular formula is C19H22N2O2S2. The molecule has 0 aromatic carbocycles. The Morgan fingerprint density at radius 2 is 2.12 bits per heavy atom. The van der Waals surface area contributed by atoms with Crippen molar-refractivity contribution in [2.45, 2.75) is 38.6 Å². The van der Waals surface area contributed by atoms with E-state index in [1.165, 1.54) is 15.3 Å². The zero-order valence-corrected chi connectivity index (χ0v) is 15.8. The van der Waals surface area contributed by atoms with Gasteiger partial charge in [-0.15, -0.1) is 22.7 Å². The molecule has 1 N–H and O–H groups in total. The lowest BCUT2D eigenvalue weighted by Gasteiger charge is -2.21. The highest BCUT2D eigenvalue weighted by molar-refractivity contribution is 7.14. The molecule has 2 aromatic rings. The molecule has 1 aliphatic heterocycles. The minimum Gasteiger partial charge on any atom is -0.351 e. The van der Waals surface area contributed by atoms with Gasteiger partial charge in [-0.2, -0.15) is 0 Å². The van der Waals surface area contributed by atoms with Crippen LogP contribution in [0.3, 0.4) is 0 Å². The molecule has 1 fully saturated rings. The van der Waals surface area contributed by atoms with Gasteiger partial charge in [-0.3, -0.25) is 9.59 Å². The van der Waals surface area contributed by atoms with Crippen LogP contribution >= 0.6 is 22.7 Å². The second kappa shape index (κ2) is 7.30. The van der Waals surface area contributed by atoms with Gasteiger partial charge in [-0.1, -0.05) is 6.07 Å². The number of hydrogen-bond donors (Lipinski definition) is 1. The third-order valence-corrected chi connectivity index (χ3v) is 7.18. The molecule has 4 rings (SSSR count). The lowest BCUT2D eigenvalue weighted by atomic mass is 9.87. The van der Waals surface area contributed by atoms with Crippen LogP contribution in [0.25, 0.3) is 0 Å². The molecule has 0 radical (unpaired) electrons. The zero-order valence-electron chi connectivity index (χ0n) is 14.1. The molecule has 1 saturated heterocycles. The second-order valence-corrected chi connectivity index (χ2v) is 8.96. The van der Waals surface area contributed by atoms with Crippen LogP contribution in [0, 0.1) is 5.92 Å². The average molecular weight is 375 g/mol. The van der Waals surface area contributed by atoms with Crippen molar-refractivity contribution in [1.29, 1.82) is 0 Å². The van der Waals surface area contributed by atoms with Crippen molar-refractivity contribution in [2.24, 2.45) is 5.92 Å². The van der Waals surface area contributed by atoms with E-state index in [1.54, 1.807) is 22.7 Å². The number of rotatable bonds is 4. The molecule has 0 spiro atoms. The fourth-order valence-corrected chi connectivity index (χ4v) is 5.48. The van der Waals surface area contributed by atoms with Gasteiger partial charge in [0, 0.05) is 28.8 Å². The van der Waals surface area contributed by atoms with E-state index in [-0.39, 0.29) is 17.7 Å². The number of nitrogens with zero attached hydrogens (tertiary/aromatic N) is 1. The molecule has 0 unspecified atom stereocenters. The summed E-state index contributed by atoms with van der Waals surface area (Å²) >= 11 is 3.30. The number of carbonyl (C=O) groups is 2. The predicted molar refractivity (Wildman–Crippen MR) is 101 cm³/mol. The Balaban J connectivity index is 1.39. The molecule has 2 aromatic heterocycles. The Morgan fingerprint density at radius 1 is 1.28 bits per heavy atom. The van der Waals surface area contributed by atoms with Crippen LogP contribution in [0.4, 0.5) is 0 Å². The van der Waals surface area contributed by atoms with Crippen LogP contribution in [-0.2, 0) is 24.2 Å². The average Bonchev–Trinajstić information content (AvgIpc) is 3.39. The topological polar surface area (TPSA) is 49.4 Å². The van der Waals surface area contributed by atoms with Crippen LogP contribution in [0.2, 0.25) is 0 Å². The molecule has 6 heteroatoms. The van der Waals surface area contributed by atoms with Crippen LogP contribution < -0.4 is 5.32 Å². The number of carbonyl (C=O) groups excluding carboxylic acids is 2. The number of fused-ring (bicyclic) bond motifs is 1. The van der Waals surface area contributed by atoms with E-state index >= 15 is 0 Å². The highest BCUT2D eigenvalue weighted by Gasteiger charge is 2.29. The molecule has 4 nitrogen and oxygen atoms in total. The third-order valence-electron chi connectivity index (χ3n) is 5.07. The van der Waals surface area contributed by atoms with Crippen molar-refractivity contribution >= 4 is 34.5 Å². The van der Waals surface area contributed by atoms with Gasteiger partial charge in [0.05, 0.1) is 11.4 Å². The maximum Gasteiger partial charge on any atom is 0.263 e. The first-order valence-electron chi connectivity index (χ1n) is 8.91. The maximum absolute atomic E-state index is 12.6. The Bertz CT molecular complexity index is 760. The summed E-state index contributed by atoms with van der Waals surface area (Å²) in [5.74, 6) is 0.338. The van der Waals surface area contributed by atoms with Crippen molar-refractivity contribution in [3.63, 3.8) is 0 Å². The molecule has 3 heterocycles. The molecule has 0 saturated carbocycles. The number of likely N-dealkylation sites (tertiary alicyclic amines) is 1. The summed E-state index contributed by atoms with van der Waals surface area (Å²) in [6, 6.07) is 6.09. The molecule has 25 heavy (non-hydrogen) atoms. The molecule has 1 aliphatic carbocycles. The lowest BCUT2D eigenvalue weighted by Crippen LogP contribution is -2.33. The summed E-state index contributed by atoms with van der Waals surface area (Å²) < 4.78 is 0. The molecular weight excluding hydrogens is 352 g/mol. The van der Waals surface area contributed by atoms with E-state index in [4.69, 9.17) is 0 Å². The summed E-state index contributed by atoms with van der Waals surface area (Å²) in [5.41, 5.74) is 1.20. The van der Waals surface area contributed by atoms with Crippen molar-refractivity contribution in [1.82, 2.24) is 10.2 Å². The Kier molecular flexibility index (Phi) is 4.90.